The number of hydrogen-bond acceptors (Lipinski definition) is 5. The van der Waals surface area contributed by atoms with Gasteiger partial charge in [-0.25, -0.2) is 4.79 Å². The summed E-state index contributed by atoms with van der Waals surface area (Å²) in [6.45, 7) is 0.838. The van der Waals surface area contributed by atoms with Crippen molar-refractivity contribution in [3.8, 4) is 0 Å². The second-order valence-electron chi connectivity index (χ2n) is 8.90. The fraction of sp³-hybridized carbons (Fsp3) is 0.167. The number of carboxylic acids is 1. The third kappa shape index (κ3) is 7.75. The summed E-state index contributed by atoms with van der Waals surface area (Å²) in [6.07, 6.45) is -4.52. The van der Waals surface area contributed by atoms with Crippen LogP contribution in [0.2, 0.25) is 0 Å². The molecule has 0 fully saturated rings. The van der Waals surface area contributed by atoms with Gasteiger partial charge in [0.25, 0.3) is 5.91 Å². The zero-order valence-electron chi connectivity index (χ0n) is 22.0. The molecule has 0 spiro atoms. The zero-order chi connectivity index (χ0) is 30.3. The monoisotopic (exact) mass is 566 g/mol. The summed E-state index contributed by atoms with van der Waals surface area (Å²) in [5.41, 5.74) is 1.46. The summed E-state index contributed by atoms with van der Waals surface area (Å²) in [7, 11) is 0. The summed E-state index contributed by atoms with van der Waals surface area (Å²) in [6, 6.07) is 19.8. The maximum atomic E-state index is 12.2. The van der Waals surface area contributed by atoms with Crippen LogP contribution in [-0.2, 0) is 4.79 Å². The third-order valence-corrected chi connectivity index (χ3v) is 5.98. The van der Waals surface area contributed by atoms with E-state index in [2.05, 4.69) is 5.32 Å². The van der Waals surface area contributed by atoms with E-state index in [-0.39, 0.29) is 22.7 Å². The second kappa shape index (κ2) is 12.9. The second-order valence-corrected chi connectivity index (χ2v) is 8.90. The lowest BCUT2D eigenvalue weighted by molar-refractivity contribution is -0.137. The predicted molar refractivity (Wildman–Crippen MR) is 146 cm³/mol. The van der Waals surface area contributed by atoms with Crippen LogP contribution in [0.15, 0.2) is 72.8 Å². The molecule has 11 heteroatoms. The van der Waals surface area contributed by atoms with Gasteiger partial charge in [-0.1, -0.05) is 48.5 Å². The number of hydrogen-bond donors (Lipinski definition) is 3. The minimum atomic E-state index is -4.52. The van der Waals surface area contributed by atoms with Crippen LogP contribution in [0.25, 0.3) is 21.5 Å². The number of fused-ring (bicyclic) bond motifs is 2. The van der Waals surface area contributed by atoms with Crippen molar-refractivity contribution in [2.75, 3.05) is 13.1 Å². The van der Waals surface area contributed by atoms with E-state index in [0.717, 1.165) is 0 Å². The number of amides is 2. The summed E-state index contributed by atoms with van der Waals surface area (Å²) >= 11 is 0. The number of Topliss-reactive ketones (excluding diaryl/α,β-unsaturated/α-hetero) is 2. The number of carbonyl (C=O) groups is 5. The average molecular weight is 567 g/mol. The lowest BCUT2D eigenvalue weighted by atomic mass is 9.97. The summed E-state index contributed by atoms with van der Waals surface area (Å²) < 4.78 is 36.1. The molecule has 0 atom stereocenters. The fourth-order valence-corrected chi connectivity index (χ4v) is 4.11. The molecule has 0 aliphatic carbocycles. The van der Waals surface area contributed by atoms with Crippen LogP contribution in [-0.4, -0.2) is 53.7 Å². The van der Waals surface area contributed by atoms with E-state index in [1.807, 2.05) is 0 Å². The van der Waals surface area contributed by atoms with Gasteiger partial charge in [-0.3, -0.25) is 19.2 Å². The number of ketones is 2. The van der Waals surface area contributed by atoms with Crippen LogP contribution in [0.1, 0.15) is 55.3 Å². The SMILES string of the molecule is CC(=O)c1ccc(C(=O)NCC(=O)NCC(F)(F)F)c2ccccc12.CC(=O)c1ccc(C(=O)O)c2ccccc12. The van der Waals surface area contributed by atoms with Crippen molar-refractivity contribution in [1.82, 2.24) is 10.6 Å². The maximum absolute atomic E-state index is 12.2. The van der Waals surface area contributed by atoms with Crippen LogP contribution in [0.4, 0.5) is 13.2 Å². The van der Waals surface area contributed by atoms with E-state index in [1.54, 1.807) is 59.9 Å². The Balaban J connectivity index is 0.000000248. The maximum Gasteiger partial charge on any atom is 0.405 e. The Morgan fingerprint density at radius 2 is 1.02 bits per heavy atom. The van der Waals surface area contributed by atoms with Crippen molar-refractivity contribution in [3.63, 3.8) is 0 Å². The molecule has 8 nitrogen and oxygen atoms in total. The van der Waals surface area contributed by atoms with Crippen molar-refractivity contribution >= 4 is 50.9 Å². The molecule has 0 saturated carbocycles. The minimum absolute atomic E-state index is 0.0619. The van der Waals surface area contributed by atoms with E-state index < -0.39 is 37.0 Å². The molecule has 0 aromatic heterocycles. The molecule has 0 radical (unpaired) electrons. The first-order valence-corrected chi connectivity index (χ1v) is 12.2. The van der Waals surface area contributed by atoms with Gasteiger partial charge in [-0.2, -0.15) is 13.2 Å². The highest BCUT2D eigenvalue weighted by molar-refractivity contribution is 6.14. The normalized spacial score (nSPS) is 10.9. The number of carbonyl (C=O) groups excluding carboxylic acids is 4. The molecule has 4 rings (SSSR count). The lowest BCUT2D eigenvalue weighted by Gasteiger charge is -2.11. The molecule has 41 heavy (non-hydrogen) atoms. The summed E-state index contributed by atoms with van der Waals surface area (Å²) in [4.78, 5) is 57.7. The van der Waals surface area contributed by atoms with E-state index >= 15 is 0 Å². The number of aromatic carboxylic acids is 1. The largest absolute Gasteiger partial charge is 0.478 e. The molecule has 2 amide bonds. The number of benzene rings is 4. The van der Waals surface area contributed by atoms with Crippen molar-refractivity contribution in [2.24, 2.45) is 0 Å². The Morgan fingerprint density at radius 3 is 1.44 bits per heavy atom. The number of nitrogens with one attached hydrogen (secondary N) is 2. The van der Waals surface area contributed by atoms with Crippen LogP contribution in [0, 0.1) is 0 Å². The molecule has 0 unspecified atom stereocenters. The predicted octanol–water partition coefficient (Wildman–Crippen LogP) is 5.19. The van der Waals surface area contributed by atoms with Gasteiger partial charge in [-0.15, -0.1) is 0 Å². The lowest BCUT2D eigenvalue weighted by Crippen LogP contribution is -2.40. The van der Waals surface area contributed by atoms with Crippen LogP contribution < -0.4 is 10.6 Å². The molecule has 0 heterocycles. The van der Waals surface area contributed by atoms with Gasteiger partial charge >= 0.3 is 12.1 Å². The van der Waals surface area contributed by atoms with Gasteiger partial charge in [0.15, 0.2) is 11.6 Å². The summed E-state index contributed by atoms with van der Waals surface area (Å²) in [5, 5.41) is 15.4. The van der Waals surface area contributed by atoms with Crippen molar-refractivity contribution < 1.29 is 42.3 Å². The molecule has 3 N–H and O–H groups in total. The van der Waals surface area contributed by atoms with Gasteiger partial charge in [-0.05, 0) is 59.7 Å². The average Bonchev–Trinajstić information content (AvgIpc) is 2.93. The Labute approximate surface area is 232 Å². The van der Waals surface area contributed by atoms with Crippen molar-refractivity contribution in [1.29, 1.82) is 0 Å². The highest BCUT2D eigenvalue weighted by atomic mass is 19.4. The molecular weight excluding hydrogens is 541 g/mol. The topological polar surface area (TPSA) is 130 Å². The molecular formula is C30H25F3N2O6. The number of rotatable bonds is 7. The van der Waals surface area contributed by atoms with Crippen LogP contribution in [0.3, 0.4) is 0 Å². The highest BCUT2D eigenvalue weighted by Crippen LogP contribution is 2.24. The Morgan fingerprint density at radius 1 is 0.634 bits per heavy atom. The van der Waals surface area contributed by atoms with E-state index in [9.17, 15) is 37.1 Å². The molecule has 0 saturated heterocycles. The Hall–Kier alpha value is -5.06. The minimum Gasteiger partial charge on any atom is -0.478 e. The molecule has 0 aliphatic rings. The summed E-state index contributed by atoms with van der Waals surface area (Å²) in [5.74, 6) is -2.77. The van der Waals surface area contributed by atoms with E-state index in [0.29, 0.717) is 32.7 Å². The molecule has 212 valence electrons. The first-order valence-electron chi connectivity index (χ1n) is 12.2. The molecule has 0 aliphatic heterocycles. The highest BCUT2D eigenvalue weighted by Gasteiger charge is 2.27. The first-order chi connectivity index (χ1) is 19.3. The number of alkyl halides is 3. The van der Waals surface area contributed by atoms with Gasteiger partial charge in [0.2, 0.25) is 5.91 Å². The van der Waals surface area contributed by atoms with Gasteiger partial charge in [0.05, 0.1) is 12.1 Å². The van der Waals surface area contributed by atoms with Crippen LogP contribution in [0.5, 0.6) is 0 Å². The number of carboxylic acid groups (broad SMARTS) is 1. The zero-order valence-corrected chi connectivity index (χ0v) is 22.0. The van der Waals surface area contributed by atoms with Crippen LogP contribution >= 0.6 is 0 Å². The smallest absolute Gasteiger partial charge is 0.405 e. The number of halogens is 3. The Bertz CT molecular complexity index is 1610. The van der Waals surface area contributed by atoms with Gasteiger partial charge in [0.1, 0.15) is 6.54 Å². The molecule has 0 bridgehead atoms. The standard InChI is InChI=1S/C17H15F3N2O3.C13H10O3/c1-10(23)11-6-7-14(13-5-3-2-4-12(11)13)16(25)21-8-15(24)22-9-17(18,19)20;1-8(14)9-6-7-12(13(15)16)11-5-3-2-4-10(9)11/h2-7H,8-9H2,1H3,(H,21,25)(H,22,24);2-7H,1H3,(H,15,16). The van der Waals surface area contributed by atoms with E-state index in [1.165, 1.54) is 32.0 Å². The molecule has 4 aromatic rings. The van der Waals surface area contributed by atoms with Gasteiger partial charge in [0, 0.05) is 16.7 Å². The van der Waals surface area contributed by atoms with E-state index in [4.69, 9.17) is 5.11 Å². The van der Waals surface area contributed by atoms with Crippen molar-refractivity contribution in [3.05, 3.63) is 95.1 Å². The first kappa shape index (κ1) is 30.5. The quantitative estimate of drug-likeness (QED) is 0.264. The molecule has 4 aromatic carbocycles. The van der Waals surface area contributed by atoms with Crippen molar-refractivity contribution in [2.45, 2.75) is 20.0 Å². The Kier molecular flexibility index (Phi) is 9.56. The third-order valence-electron chi connectivity index (χ3n) is 5.98. The van der Waals surface area contributed by atoms with Gasteiger partial charge < -0.3 is 15.7 Å². The fourth-order valence-electron chi connectivity index (χ4n) is 4.11.